The van der Waals surface area contributed by atoms with E-state index in [1.54, 1.807) is 6.92 Å². The zero-order valence-electron chi connectivity index (χ0n) is 13.8. The van der Waals surface area contributed by atoms with E-state index in [0.29, 0.717) is 18.5 Å². The first-order valence-electron chi connectivity index (χ1n) is 7.65. The molecule has 1 aromatic carbocycles. The van der Waals surface area contributed by atoms with Gasteiger partial charge in [-0.3, -0.25) is 4.79 Å². The van der Waals surface area contributed by atoms with Gasteiger partial charge < -0.3 is 15.4 Å². The fourth-order valence-electron chi connectivity index (χ4n) is 1.77. The zero-order valence-corrected chi connectivity index (χ0v) is 13.8. The second kappa shape index (κ2) is 8.67. The van der Waals surface area contributed by atoms with Crippen molar-refractivity contribution >= 4 is 5.91 Å². The normalized spacial score (nSPS) is 12.5. The van der Waals surface area contributed by atoms with Gasteiger partial charge in [-0.1, -0.05) is 45.9 Å². The summed E-state index contributed by atoms with van der Waals surface area (Å²) in [7, 11) is 0. The minimum atomic E-state index is -0.496. The van der Waals surface area contributed by atoms with Crippen LogP contribution in [0.25, 0.3) is 0 Å². The van der Waals surface area contributed by atoms with Gasteiger partial charge in [0.1, 0.15) is 5.75 Å². The highest BCUT2D eigenvalue weighted by molar-refractivity contribution is 5.80. The third kappa shape index (κ3) is 6.63. The Morgan fingerprint density at radius 3 is 2.43 bits per heavy atom. The van der Waals surface area contributed by atoms with Crippen LogP contribution in [0.5, 0.6) is 5.75 Å². The molecule has 1 rings (SSSR count). The monoisotopic (exact) mass is 292 g/mol. The fourth-order valence-corrected chi connectivity index (χ4v) is 1.77. The Morgan fingerprint density at radius 1 is 1.14 bits per heavy atom. The molecule has 0 heterocycles. The molecule has 21 heavy (non-hydrogen) atoms. The lowest BCUT2D eigenvalue weighted by Gasteiger charge is -2.18. The third-order valence-corrected chi connectivity index (χ3v) is 3.03. The predicted octanol–water partition coefficient (Wildman–Crippen LogP) is 2.72. The van der Waals surface area contributed by atoms with Crippen LogP contribution in [0, 0.1) is 5.92 Å². The topological polar surface area (TPSA) is 50.4 Å². The van der Waals surface area contributed by atoms with E-state index < -0.39 is 6.10 Å². The van der Waals surface area contributed by atoms with Crippen LogP contribution in [0.15, 0.2) is 24.3 Å². The molecule has 2 N–H and O–H groups in total. The quantitative estimate of drug-likeness (QED) is 0.774. The molecule has 118 valence electrons. The van der Waals surface area contributed by atoms with Crippen molar-refractivity contribution in [2.75, 3.05) is 6.54 Å². The van der Waals surface area contributed by atoms with Gasteiger partial charge in [-0.2, -0.15) is 0 Å². The van der Waals surface area contributed by atoms with E-state index in [4.69, 9.17) is 4.74 Å². The second-order valence-corrected chi connectivity index (χ2v) is 6.04. The van der Waals surface area contributed by atoms with E-state index in [9.17, 15) is 4.79 Å². The number of carbonyl (C=O) groups is 1. The van der Waals surface area contributed by atoms with Gasteiger partial charge in [0.05, 0.1) is 0 Å². The molecule has 1 atom stereocenters. The number of hydrogen-bond donors (Lipinski definition) is 2. The molecule has 1 amide bonds. The lowest BCUT2D eigenvalue weighted by molar-refractivity contribution is -0.127. The van der Waals surface area contributed by atoms with Gasteiger partial charge in [0.15, 0.2) is 6.10 Å². The Morgan fingerprint density at radius 2 is 1.81 bits per heavy atom. The standard InChI is InChI=1S/C17H28N2O2/c1-12(2)10-19-17(20)14(5)21-16-9-7-6-8-15(16)11-18-13(3)4/h6-9,12-14,18H,10-11H2,1-5H3,(H,19,20). The smallest absolute Gasteiger partial charge is 0.260 e. The van der Waals surface area contributed by atoms with Crippen molar-refractivity contribution in [1.29, 1.82) is 0 Å². The van der Waals surface area contributed by atoms with Gasteiger partial charge in [0, 0.05) is 24.7 Å². The molecule has 1 aromatic rings. The number of benzene rings is 1. The van der Waals surface area contributed by atoms with Crippen LogP contribution < -0.4 is 15.4 Å². The zero-order chi connectivity index (χ0) is 15.8. The van der Waals surface area contributed by atoms with Crippen molar-refractivity contribution in [3.8, 4) is 5.75 Å². The summed E-state index contributed by atoms with van der Waals surface area (Å²) in [6.45, 7) is 11.5. The number of hydrogen-bond acceptors (Lipinski definition) is 3. The number of para-hydroxylation sites is 1. The van der Waals surface area contributed by atoms with Gasteiger partial charge >= 0.3 is 0 Å². The Balaban J connectivity index is 2.62. The number of carbonyl (C=O) groups excluding carboxylic acids is 1. The molecule has 0 aromatic heterocycles. The first-order valence-corrected chi connectivity index (χ1v) is 7.65. The first kappa shape index (κ1) is 17.5. The summed E-state index contributed by atoms with van der Waals surface area (Å²) >= 11 is 0. The van der Waals surface area contributed by atoms with Crippen molar-refractivity contribution in [3.63, 3.8) is 0 Å². The van der Waals surface area contributed by atoms with Crippen molar-refractivity contribution in [3.05, 3.63) is 29.8 Å². The molecule has 0 saturated carbocycles. The highest BCUT2D eigenvalue weighted by Crippen LogP contribution is 2.19. The van der Waals surface area contributed by atoms with E-state index in [0.717, 1.165) is 17.9 Å². The summed E-state index contributed by atoms with van der Waals surface area (Å²) in [5.74, 6) is 1.12. The van der Waals surface area contributed by atoms with Crippen molar-refractivity contribution in [2.24, 2.45) is 5.92 Å². The molecule has 0 aliphatic rings. The van der Waals surface area contributed by atoms with Gasteiger partial charge in [0.2, 0.25) is 0 Å². The second-order valence-electron chi connectivity index (χ2n) is 6.04. The molecule has 4 nitrogen and oxygen atoms in total. The van der Waals surface area contributed by atoms with E-state index in [2.05, 4.69) is 38.3 Å². The van der Waals surface area contributed by atoms with Gasteiger partial charge in [-0.15, -0.1) is 0 Å². The van der Waals surface area contributed by atoms with Crippen LogP contribution in [-0.2, 0) is 11.3 Å². The Labute approximate surface area is 128 Å². The van der Waals surface area contributed by atoms with E-state index in [1.165, 1.54) is 0 Å². The molecular weight excluding hydrogens is 264 g/mol. The van der Waals surface area contributed by atoms with Crippen molar-refractivity contribution < 1.29 is 9.53 Å². The molecular formula is C17H28N2O2. The summed E-state index contributed by atoms with van der Waals surface area (Å²) in [5, 5.41) is 6.26. The average Bonchev–Trinajstić information content (AvgIpc) is 2.43. The van der Waals surface area contributed by atoms with Gasteiger partial charge in [-0.05, 0) is 18.9 Å². The van der Waals surface area contributed by atoms with Crippen LogP contribution >= 0.6 is 0 Å². The lowest BCUT2D eigenvalue weighted by atomic mass is 10.2. The molecule has 0 aliphatic carbocycles. The molecule has 0 radical (unpaired) electrons. The predicted molar refractivity (Wildman–Crippen MR) is 86.4 cm³/mol. The largest absolute Gasteiger partial charge is 0.481 e. The molecule has 0 saturated heterocycles. The van der Waals surface area contributed by atoms with Crippen LogP contribution in [-0.4, -0.2) is 24.6 Å². The molecule has 0 fully saturated rings. The van der Waals surface area contributed by atoms with E-state index >= 15 is 0 Å². The number of rotatable bonds is 8. The Hall–Kier alpha value is -1.55. The maximum atomic E-state index is 12.0. The summed E-state index contributed by atoms with van der Waals surface area (Å²) in [5.41, 5.74) is 1.06. The van der Waals surface area contributed by atoms with E-state index in [1.807, 2.05) is 24.3 Å². The summed E-state index contributed by atoms with van der Waals surface area (Å²) in [4.78, 5) is 12.0. The molecule has 0 spiro atoms. The Bertz CT molecular complexity index is 444. The lowest BCUT2D eigenvalue weighted by Crippen LogP contribution is -2.38. The van der Waals surface area contributed by atoms with Crippen molar-refractivity contribution in [2.45, 2.75) is 53.3 Å². The van der Waals surface area contributed by atoms with Gasteiger partial charge in [0.25, 0.3) is 5.91 Å². The summed E-state index contributed by atoms with van der Waals surface area (Å²) in [6, 6.07) is 8.23. The molecule has 0 aliphatic heterocycles. The maximum Gasteiger partial charge on any atom is 0.260 e. The Kier molecular flexibility index (Phi) is 7.23. The summed E-state index contributed by atoms with van der Waals surface area (Å²) in [6.07, 6.45) is -0.496. The number of nitrogens with one attached hydrogen (secondary N) is 2. The molecule has 1 unspecified atom stereocenters. The third-order valence-electron chi connectivity index (χ3n) is 3.03. The van der Waals surface area contributed by atoms with E-state index in [-0.39, 0.29) is 5.91 Å². The first-order chi connectivity index (χ1) is 9.90. The van der Waals surface area contributed by atoms with Crippen LogP contribution in [0.4, 0.5) is 0 Å². The SMILES string of the molecule is CC(C)CNC(=O)C(C)Oc1ccccc1CNC(C)C. The molecule has 4 heteroatoms. The molecule has 0 bridgehead atoms. The van der Waals surface area contributed by atoms with Crippen molar-refractivity contribution in [1.82, 2.24) is 10.6 Å². The highest BCUT2D eigenvalue weighted by atomic mass is 16.5. The fraction of sp³-hybridized carbons (Fsp3) is 0.588. The van der Waals surface area contributed by atoms with Crippen LogP contribution in [0.3, 0.4) is 0 Å². The van der Waals surface area contributed by atoms with Crippen LogP contribution in [0.1, 0.15) is 40.2 Å². The number of amides is 1. The number of ether oxygens (including phenoxy) is 1. The maximum absolute atomic E-state index is 12.0. The van der Waals surface area contributed by atoms with Gasteiger partial charge in [-0.25, -0.2) is 0 Å². The minimum absolute atomic E-state index is 0.0738. The van der Waals surface area contributed by atoms with Crippen LogP contribution in [0.2, 0.25) is 0 Å². The minimum Gasteiger partial charge on any atom is -0.481 e. The highest BCUT2D eigenvalue weighted by Gasteiger charge is 2.16. The average molecular weight is 292 g/mol. The summed E-state index contributed by atoms with van der Waals surface area (Å²) < 4.78 is 5.82.